The van der Waals surface area contributed by atoms with Crippen LogP contribution in [0.2, 0.25) is 0 Å². The highest BCUT2D eigenvalue weighted by Gasteiger charge is 2.40. The number of anilines is 2. The molecule has 168 valence electrons. The summed E-state index contributed by atoms with van der Waals surface area (Å²) < 4.78 is 35.3. The Kier molecular flexibility index (Phi) is 6.01. The number of morpholine rings is 1. The fourth-order valence-electron chi connectivity index (χ4n) is 3.64. The molecule has 11 heteroatoms. The molecule has 0 aromatic heterocycles. The molecule has 2 aliphatic heterocycles. The van der Waals surface area contributed by atoms with Crippen molar-refractivity contribution >= 4 is 29.0 Å². The third kappa shape index (κ3) is 4.25. The average molecular weight is 446 g/mol. The molecule has 0 saturated carbocycles. The van der Waals surface area contributed by atoms with Crippen LogP contribution in [0, 0.1) is 5.41 Å². The minimum atomic E-state index is -3.08. The van der Waals surface area contributed by atoms with Crippen molar-refractivity contribution < 1.29 is 33.0 Å². The van der Waals surface area contributed by atoms with Crippen molar-refractivity contribution in [3.05, 3.63) is 53.6 Å². The second kappa shape index (κ2) is 8.89. The first-order valence-electron chi connectivity index (χ1n) is 9.76. The van der Waals surface area contributed by atoms with Crippen LogP contribution in [0.25, 0.3) is 0 Å². The van der Waals surface area contributed by atoms with Crippen molar-refractivity contribution in [2.45, 2.75) is 25.4 Å². The Balaban J connectivity index is 1.48. The number of benzene rings is 2. The van der Waals surface area contributed by atoms with Gasteiger partial charge in [0.1, 0.15) is 11.6 Å². The number of hydrogen-bond donors (Lipinski definition) is 4. The van der Waals surface area contributed by atoms with Crippen LogP contribution in [0.1, 0.15) is 11.1 Å². The van der Waals surface area contributed by atoms with Crippen LogP contribution in [-0.4, -0.2) is 54.7 Å². The van der Waals surface area contributed by atoms with Gasteiger partial charge in [0.05, 0.1) is 12.3 Å². The number of rotatable bonds is 6. The minimum Gasteiger partial charge on any atom is -0.433 e. The molecule has 2 atom stereocenters. The smallest absolute Gasteiger partial charge is 0.387 e. The highest BCUT2D eigenvalue weighted by atomic mass is 19.3. The summed E-state index contributed by atoms with van der Waals surface area (Å²) in [5, 5.41) is 23.7. The zero-order chi connectivity index (χ0) is 22.8. The number of aliphatic hydroxyl groups excluding tert-OH is 1. The van der Waals surface area contributed by atoms with Crippen molar-refractivity contribution in [2.75, 3.05) is 23.4 Å². The standard InChI is InChI=1S/C21H20F2N4O5/c22-21(23)32-15-4-2-1-3-14(15)27-7-8-31-17(20(27)30)16(28)19(29)26-12-5-6-13-11(9-12)10-25-18(13)24/h1-6,9,16-17,21,28H,7-8,10H2,(H2,24,25)(H,26,29)/t16-,17-/m1/s1. The van der Waals surface area contributed by atoms with Gasteiger partial charge in [0.25, 0.3) is 11.8 Å². The third-order valence-corrected chi connectivity index (χ3v) is 5.15. The Bertz CT molecular complexity index is 1060. The number of halogens is 2. The molecular formula is C21H20F2N4O5. The number of para-hydroxylation sites is 2. The van der Waals surface area contributed by atoms with E-state index in [1.807, 2.05) is 0 Å². The van der Waals surface area contributed by atoms with Crippen molar-refractivity contribution in [2.24, 2.45) is 0 Å². The van der Waals surface area contributed by atoms with E-state index in [0.29, 0.717) is 12.2 Å². The predicted octanol–water partition coefficient (Wildman–Crippen LogP) is 1.45. The van der Waals surface area contributed by atoms with Gasteiger partial charge in [0, 0.05) is 24.3 Å². The SMILES string of the molecule is N=C1NCc2cc(NC(=O)[C@H](O)[C@H]3OCCN(c4ccccc4OC(F)F)C3=O)ccc21. The number of carbonyl (C=O) groups excluding carboxylic acids is 2. The van der Waals surface area contributed by atoms with E-state index in [0.717, 1.165) is 16.0 Å². The molecule has 2 heterocycles. The van der Waals surface area contributed by atoms with Crippen LogP contribution in [0.4, 0.5) is 20.2 Å². The van der Waals surface area contributed by atoms with E-state index in [4.69, 9.17) is 10.1 Å². The van der Waals surface area contributed by atoms with E-state index < -0.39 is 30.6 Å². The molecule has 2 aromatic carbocycles. The molecule has 0 radical (unpaired) electrons. The van der Waals surface area contributed by atoms with E-state index in [2.05, 4.69) is 15.4 Å². The maximum Gasteiger partial charge on any atom is 0.387 e. The zero-order valence-corrected chi connectivity index (χ0v) is 16.7. The van der Waals surface area contributed by atoms with Crippen LogP contribution in [-0.2, 0) is 20.9 Å². The van der Waals surface area contributed by atoms with Gasteiger partial charge in [-0.1, -0.05) is 12.1 Å². The Morgan fingerprint density at radius 2 is 2.09 bits per heavy atom. The summed E-state index contributed by atoms with van der Waals surface area (Å²) in [6.07, 6.45) is -3.36. The summed E-state index contributed by atoms with van der Waals surface area (Å²) in [6.45, 7) is -2.61. The lowest BCUT2D eigenvalue weighted by molar-refractivity contribution is -0.150. The summed E-state index contributed by atoms with van der Waals surface area (Å²) in [5.41, 5.74) is 2.01. The minimum absolute atomic E-state index is 0.0175. The normalized spacial score (nSPS) is 18.9. The Morgan fingerprint density at radius 3 is 2.88 bits per heavy atom. The highest BCUT2D eigenvalue weighted by molar-refractivity contribution is 6.05. The third-order valence-electron chi connectivity index (χ3n) is 5.15. The summed E-state index contributed by atoms with van der Waals surface area (Å²) in [6, 6.07) is 10.7. The van der Waals surface area contributed by atoms with Crippen LogP contribution in [0.5, 0.6) is 5.75 Å². The lowest BCUT2D eigenvalue weighted by Gasteiger charge is -2.34. The number of alkyl halides is 2. The molecule has 0 unspecified atom stereocenters. The Hall–Kier alpha value is -3.57. The number of amides is 2. The van der Waals surface area contributed by atoms with E-state index in [1.54, 1.807) is 24.3 Å². The van der Waals surface area contributed by atoms with Crippen LogP contribution in [0.3, 0.4) is 0 Å². The zero-order valence-electron chi connectivity index (χ0n) is 16.7. The number of aliphatic hydroxyl groups is 1. The van der Waals surface area contributed by atoms with Gasteiger partial charge >= 0.3 is 6.61 Å². The number of hydrogen-bond acceptors (Lipinski definition) is 6. The first kappa shape index (κ1) is 21.7. The molecule has 2 aliphatic rings. The number of ether oxygens (including phenoxy) is 2. The molecule has 0 bridgehead atoms. The van der Waals surface area contributed by atoms with Gasteiger partial charge in [0.15, 0.2) is 12.2 Å². The molecule has 0 aliphatic carbocycles. The second-order valence-corrected chi connectivity index (χ2v) is 7.16. The van der Waals surface area contributed by atoms with E-state index in [-0.39, 0.29) is 30.4 Å². The summed E-state index contributed by atoms with van der Waals surface area (Å²) >= 11 is 0. The highest BCUT2D eigenvalue weighted by Crippen LogP contribution is 2.31. The molecule has 4 rings (SSSR count). The predicted molar refractivity (Wildman–Crippen MR) is 110 cm³/mol. The van der Waals surface area contributed by atoms with E-state index in [1.165, 1.54) is 18.2 Å². The average Bonchev–Trinajstić information content (AvgIpc) is 3.13. The lowest BCUT2D eigenvalue weighted by Crippen LogP contribution is -2.55. The molecule has 9 nitrogen and oxygen atoms in total. The first-order chi connectivity index (χ1) is 15.3. The van der Waals surface area contributed by atoms with Crippen LogP contribution >= 0.6 is 0 Å². The molecular weight excluding hydrogens is 426 g/mol. The van der Waals surface area contributed by atoms with Crippen molar-refractivity contribution in [1.82, 2.24) is 5.32 Å². The largest absolute Gasteiger partial charge is 0.433 e. The van der Waals surface area contributed by atoms with Crippen molar-refractivity contribution in [3.8, 4) is 5.75 Å². The summed E-state index contributed by atoms with van der Waals surface area (Å²) in [4.78, 5) is 26.7. The number of fused-ring (bicyclic) bond motifs is 1. The Morgan fingerprint density at radius 1 is 1.31 bits per heavy atom. The molecule has 1 saturated heterocycles. The maximum atomic E-state index is 12.9. The van der Waals surface area contributed by atoms with Gasteiger partial charge in [-0.3, -0.25) is 15.0 Å². The number of carbonyl (C=O) groups is 2. The van der Waals surface area contributed by atoms with E-state index >= 15 is 0 Å². The number of nitrogens with one attached hydrogen (secondary N) is 3. The molecule has 1 fully saturated rings. The topological polar surface area (TPSA) is 124 Å². The number of nitrogens with zero attached hydrogens (tertiary/aromatic N) is 1. The fraction of sp³-hybridized carbons (Fsp3) is 0.286. The van der Waals surface area contributed by atoms with Crippen LogP contribution in [0.15, 0.2) is 42.5 Å². The Labute approximate surface area is 181 Å². The molecule has 32 heavy (non-hydrogen) atoms. The molecule has 0 spiro atoms. The fourth-order valence-corrected chi connectivity index (χ4v) is 3.64. The molecule has 2 amide bonds. The van der Waals surface area contributed by atoms with Gasteiger partial charge in [-0.15, -0.1) is 0 Å². The summed E-state index contributed by atoms with van der Waals surface area (Å²) in [7, 11) is 0. The second-order valence-electron chi connectivity index (χ2n) is 7.16. The van der Waals surface area contributed by atoms with Gasteiger partial charge in [0.2, 0.25) is 0 Å². The van der Waals surface area contributed by atoms with Gasteiger partial charge in [-0.05, 0) is 35.9 Å². The summed E-state index contributed by atoms with van der Waals surface area (Å²) in [5.74, 6) is -1.53. The quantitative estimate of drug-likeness (QED) is 0.533. The number of amidine groups is 1. The van der Waals surface area contributed by atoms with Gasteiger partial charge in [-0.25, -0.2) is 0 Å². The molecule has 4 N–H and O–H groups in total. The van der Waals surface area contributed by atoms with Gasteiger partial charge in [-0.2, -0.15) is 8.78 Å². The van der Waals surface area contributed by atoms with Gasteiger partial charge < -0.3 is 30.1 Å². The van der Waals surface area contributed by atoms with E-state index in [9.17, 15) is 23.5 Å². The maximum absolute atomic E-state index is 12.9. The van der Waals surface area contributed by atoms with Crippen molar-refractivity contribution in [3.63, 3.8) is 0 Å². The molecule has 2 aromatic rings. The lowest BCUT2D eigenvalue weighted by atomic mass is 10.1. The first-order valence-corrected chi connectivity index (χ1v) is 9.76. The van der Waals surface area contributed by atoms with Crippen LogP contribution < -0.4 is 20.3 Å². The monoisotopic (exact) mass is 446 g/mol. The van der Waals surface area contributed by atoms with Crippen molar-refractivity contribution in [1.29, 1.82) is 5.41 Å².